The van der Waals surface area contributed by atoms with Crippen LogP contribution in [0.2, 0.25) is 0 Å². The fourth-order valence-corrected chi connectivity index (χ4v) is 4.24. The van der Waals surface area contributed by atoms with Crippen molar-refractivity contribution in [3.8, 4) is 0 Å². The molecule has 1 aromatic carbocycles. The van der Waals surface area contributed by atoms with Crippen molar-refractivity contribution < 1.29 is 22.7 Å². The molecule has 182 valence electrons. The highest BCUT2D eigenvalue weighted by atomic mass is 32.2. The van der Waals surface area contributed by atoms with Crippen LogP contribution >= 0.6 is 0 Å². The molecule has 0 saturated carbocycles. The van der Waals surface area contributed by atoms with Gasteiger partial charge in [0.2, 0.25) is 10.0 Å². The van der Waals surface area contributed by atoms with Gasteiger partial charge in [0.15, 0.2) is 11.8 Å². The van der Waals surface area contributed by atoms with Crippen LogP contribution in [0.25, 0.3) is 11.0 Å². The Morgan fingerprint density at radius 2 is 1.79 bits per heavy atom. The van der Waals surface area contributed by atoms with Crippen LogP contribution in [-0.2, 0) is 19.6 Å². The average Bonchev–Trinajstić information content (AvgIpc) is 3.18. The Labute approximate surface area is 199 Å². The summed E-state index contributed by atoms with van der Waals surface area (Å²) in [7, 11) is -0.817. The Kier molecular flexibility index (Phi) is 7.08. The maximum absolute atomic E-state index is 12.9. The summed E-state index contributed by atoms with van der Waals surface area (Å²) in [6, 6.07) is 6.11. The number of carbonyl (C=O) groups is 2. The number of ether oxygens (including phenoxy) is 1. The summed E-state index contributed by atoms with van der Waals surface area (Å²) in [6.45, 7) is 8.87. The summed E-state index contributed by atoms with van der Waals surface area (Å²) in [6.07, 6.45) is 0.424. The van der Waals surface area contributed by atoms with E-state index in [2.05, 4.69) is 15.4 Å². The quantitative estimate of drug-likeness (QED) is 0.508. The second-order valence-corrected chi connectivity index (χ2v) is 10.7. The molecule has 0 unspecified atom stereocenters. The number of aromatic nitrogens is 3. The van der Waals surface area contributed by atoms with Crippen molar-refractivity contribution in [2.75, 3.05) is 19.4 Å². The van der Waals surface area contributed by atoms with Gasteiger partial charge in [-0.1, -0.05) is 6.07 Å². The fraction of sp³-hybridized carbons (Fsp3) is 0.391. The lowest BCUT2D eigenvalue weighted by Crippen LogP contribution is -2.30. The van der Waals surface area contributed by atoms with Gasteiger partial charge in [0.05, 0.1) is 22.0 Å². The molecule has 11 heteroatoms. The molecule has 0 aliphatic carbocycles. The van der Waals surface area contributed by atoms with Gasteiger partial charge in [-0.15, -0.1) is 0 Å². The number of sulfonamides is 1. The molecule has 1 atom stereocenters. The van der Waals surface area contributed by atoms with E-state index >= 15 is 0 Å². The van der Waals surface area contributed by atoms with Crippen LogP contribution in [-0.4, -0.2) is 59.6 Å². The number of hydrogen-bond acceptors (Lipinski definition) is 7. The lowest BCUT2D eigenvalue weighted by molar-refractivity contribution is -0.123. The number of nitrogens with zero attached hydrogens (tertiary/aromatic N) is 4. The number of carbonyl (C=O) groups excluding carboxylic acids is 2. The smallest absolute Gasteiger partial charge is 0.339 e. The molecule has 1 N–H and O–H groups in total. The standard InChI is InChI=1S/C23H29N5O5S/c1-13(2)28-21-19(12-24-28)18(10-15(4)25-21)23(30)33-16(5)22(29)26-20-11-17(9-8-14(20)3)34(31,32)27(6)7/h8-13,16H,1-7H3,(H,26,29)/t16-/m0/s1. The van der Waals surface area contributed by atoms with Crippen LogP contribution < -0.4 is 5.32 Å². The summed E-state index contributed by atoms with van der Waals surface area (Å²) >= 11 is 0. The van der Waals surface area contributed by atoms with E-state index in [1.807, 2.05) is 13.8 Å². The number of hydrogen-bond donors (Lipinski definition) is 1. The minimum absolute atomic E-state index is 0.0415. The van der Waals surface area contributed by atoms with Crippen LogP contribution in [0.5, 0.6) is 0 Å². The van der Waals surface area contributed by atoms with Gasteiger partial charge >= 0.3 is 5.97 Å². The average molecular weight is 488 g/mol. The first-order valence-corrected chi connectivity index (χ1v) is 12.2. The van der Waals surface area contributed by atoms with Crippen LogP contribution in [0.4, 0.5) is 5.69 Å². The Hall–Kier alpha value is -3.31. The molecule has 0 radical (unpaired) electrons. The SMILES string of the molecule is Cc1cc(C(=O)O[C@@H](C)C(=O)Nc2cc(S(=O)(=O)N(C)C)ccc2C)c2cnn(C(C)C)c2n1. The van der Waals surface area contributed by atoms with Gasteiger partial charge in [-0.05, 0) is 58.4 Å². The fourth-order valence-electron chi connectivity index (χ4n) is 3.31. The number of aryl methyl sites for hydroxylation is 2. The van der Waals surface area contributed by atoms with E-state index < -0.39 is 28.0 Å². The Balaban J connectivity index is 1.82. The van der Waals surface area contributed by atoms with Crippen molar-refractivity contribution in [3.63, 3.8) is 0 Å². The highest BCUT2D eigenvalue weighted by Gasteiger charge is 2.24. The molecule has 2 aromatic heterocycles. The summed E-state index contributed by atoms with van der Waals surface area (Å²) in [5, 5.41) is 7.51. The van der Waals surface area contributed by atoms with Gasteiger partial charge in [-0.3, -0.25) is 4.79 Å². The Morgan fingerprint density at radius 3 is 2.41 bits per heavy atom. The van der Waals surface area contributed by atoms with E-state index in [1.54, 1.807) is 36.9 Å². The molecule has 1 amide bonds. The molecule has 0 fully saturated rings. The highest BCUT2D eigenvalue weighted by molar-refractivity contribution is 7.89. The van der Waals surface area contributed by atoms with Gasteiger partial charge < -0.3 is 10.1 Å². The maximum Gasteiger partial charge on any atom is 0.339 e. The van der Waals surface area contributed by atoms with Crippen LogP contribution in [0.3, 0.4) is 0 Å². The van der Waals surface area contributed by atoms with Gasteiger partial charge in [0.25, 0.3) is 5.91 Å². The molecule has 0 aliphatic rings. The van der Waals surface area contributed by atoms with E-state index in [0.717, 1.165) is 4.31 Å². The monoisotopic (exact) mass is 487 g/mol. The first-order valence-electron chi connectivity index (χ1n) is 10.7. The summed E-state index contributed by atoms with van der Waals surface area (Å²) < 4.78 is 33.1. The first kappa shape index (κ1) is 25.3. The van der Waals surface area contributed by atoms with Crippen LogP contribution in [0, 0.1) is 13.8 Å². The second kappa shape index (κ2) is 9.51. The lowest BCUT2D eigenvalue weighted by Gasteiger charge is -2.17. The first-order chi connectivity index (χ1) is 15.8. The topological polar surface area (TPSA) is 123 Å². The predicted octanol–water partition coefficient (Wildman–Crippen LogP) is 3.06. The predicted molar refractivity (Wildman–Crippen MR) is 128 cm³/mol. The third-order valence-corrected chi connectivity index (χ3v) is 7.11. The number of nitrogens with one attached hydrogen (secondary N) is 1. The molecule has 34 heavy (non-hydrogen) atoms. The summed E-state index contributed by atoms with van der Waals surface area (Å²) in [4.78, 5) is 30.2. The molecule has 3 rings (SSSR count). The molecule has 0 bridgehead atoms. The molecule has 0 spiro atoms. The van der Waals surface area contributed by atoms with E-state index in [1.165, 1.54) is 33.2 Å². The molecule has 3 aromatic rings. The lowest BCUT2D eigenvalue weighted by atomic mass is 10.1. The van der Waals surface area contributed by atoms with E-state index in [4.69, 9.17) is 4.74 Å². The van der Waals surface area contributed by atoms with Crippen molar-refractivity contribution in [1.29, 1.82) is 0 Å². The van der Waals surface area contributed by atoms with Crippen molar-refractivity contribution in [2.45, 2.75) is 51.7 Å². The highest BCUT2D eigenvalue weighted by Crippen LogP contribution is 2.24. The largest absolute Gasteiger partial charge is 0.449 e. The van der Waals surface area contributed by atoms with E-state index in [9.17, 15) is 18.0 Å². The molecular formula is C23H29N5O5S. The molecule has 0 saturated heterocycles. The van der Waals surface area contributed by atoms with E-state index in [0.29, 0.717) is 28.0 Å². The number of anilines is 1. The Morgan fingerprint density at radius 1 is 1.12 bits per heavy atom. The van der Waals surface area contributed by atoms with Crippen molar-refractivity contribution in [1.82, 2.24) is 19.1 Å². The third-order valence-electron chi connectivity index (χ3n) is 5.30. The normalized spacial score (nSPS) is 12.9. The maximum atomic E-state index is 12.9. The van der Waals surface area contributed by atoms with Crippen LogP contribution in [0.15, 0.2) is 35.4 Å². The van der Waals surface area contributed by atoms with Crippen molar-refractivity contribution >= 4 is 38.6 Å². The second-order valence-electron chi connectivity index (χ2n) is 8.53. The number of benzene rings is 1. The third kappa shape index (κ3) is 4.95. The zero-order valence-electron chi connectivity index (χ0n) is 20.3. The van der Waals surface area contributed by atoms with Crippen molar-refractivity contribution in [3.05, 3.63) is 47.3 Å². The van der Waals surface area contributed by atoms with E-state index in [-0.39, 0.29) is 16.5 Å². The number of pyridine rings is 1. The van der Waals surface area contributed by atoms with Gasteiger partial charge in [-0.25, -0.2) is 27.2 Å². The van der Waals surface area contributed by atoms with Gasteiger partial charge in [-0.2, -0.15) is 5.10 Å². The zero-order valence-corrected chi connectivity index (χ0v) is 21.1. The number of rotatable bonds is 7. The molecular weight excluding hydrogens is 458 g/mol. The molecule has 2 heterocycles. The molecule has 0 aliphatic heterocycles. The van der Waals surface area contributed by atoms with Gasteiger partial charge in [0.1, 0.15) is 0 Å². The number of amides is 1. The minimum atomic E-state index is -3.67. The zero-order chi connectivity index (χ0) is 25.4. The molecule has 10 nitrogen and oxygen atoms in total. The van der Waals surface area contributed by atoms with Crippen molar-refractivity contribution in [2.24, 2.45) is 0 Å². The number of esters is 1. The summed E-state index contributed by atoms with van der Waals surface area (Å²) in [5.41, 5.74) is 2.43. The summed E-state index contributed by atoms with van der Waals surface area (Å²) in [5.74, 6) is -1.27. The van der Waals surface area contributed by atoms with Crippen LogP contribution in [0.1, 0.15) is 48.4 Å². The minimum Gasteiger partial charge on any atom is -0.449 e. The van der Waals surface area contributed by atoms with Gasteiger partial charge in [0, 0.05) is 31.5 Å². The number of fused-ring (bicyclic) bond motifs is 1. The Bertz CT molecular complexity index is 1360.